The third-order valence-corrected chi connectivity index (χ3v) is 5.89. The number of ether oxygens (including phenoxy) is 1. The number of fused-ring (bicyclic) bond motifs is 1. The van der Waals surface area contributed by atoms with Gasteiger partial charge < -0.3 is 10.1 Å². The van der Waals surface area contributed by atoms with E-state index in [0.717, 1.165) is 27.0 Å². The van der Waals surface area contributed by atoms with E-state index in [4.69, 9.17) is 27.9 Å². The molecule has 0 heterocycles. The van der Waals surface area contributed by atoms with Crippen molar-refractivity contribution in [3.8, 4) is 5.75 Å². The van der Waals surface area contributed by atoms with E-state index in [1.165, 1.54) is 10.8 Å². The van der Waals surface area contributed by atoms with Crippen LogP contribution in [0.1, 0.15) is 11.1 Å². The minimum Gasteiger partial charge on any atom is -0.489 e. The lowest BCUT2D eigenvalue weighted by molar-refractivity contribution is 0.303. The molecule has 4 aromatic rings. The van der Waals surface area contributed by atoms with E-state index < -0.39 is 0 Å². The summed E-state index contributed by atoms with van der Waals surface area (Å²) >= 11 is 15.7. The highest BCUT2D eigenvalue weighted by molar-refractivity contribution is 9.10. The lowest BCUT2D eigenvalue weighted by Gasteiger charge is -2.15. The average Bonchev–Trinajstić information content (AvgIpc) is 2.74. The number of benzene rings is 4. The SMILES string of the molecule is Clc1ccc(COc2ccc(Br)cc2CNc2cccc3ccccc23)cc1Cl. The van der Waals surface area contributed by atoms with E-state index in [-0.39, 0.29) is 0 Å². The Hall–Kier alpha value is -2.20. The topological polar surface area (TPSA) is 21.3 Å². The van der Waals surface area contributed by atoms with Gasteiger partial charge in [0.1, 0.15) is 12.4 Å². The molecule has 146 valence electrons. The first-order valence-electron chi connectivity index (χ1n) is 9.17. The van der Waals surface area contributed by atoms with Crippen molar-refractivity contribution in [3.05, 3.63) is 105 Å². The van der Waals surface area contributed by atoms with Crippen LogP contribution in [0.2, 0.25) is 10.0 Å². The molecule has 0 aliphatic carbocycles. The lowest BCUT2D eigenvalue weighted by atomic mass is 10.1. The Morgan fingerprint density at radius 2 is 1.66 bits per heavy atom. The fraction of sp³-hybridized carbons (Fsp3) is 0.0833. The number of hydrogen-bond acceptors (Lipinski definition) is 2. The number of nitrogens with one attached hydrogen (secondary N) is 1. The molecule has 0 aliphatic rings. The second-order valence-electron chi connectivity index (χ2n) is 6.67. The first kappa shape index (κ1) is 20.1. The van der Waals surface area contributed by atoms with E-state index in [1.807, 2.05) is 24.3 Å². The molecule has 0 spiro atoms. The predicted molar refractivity (Wildman–Crippen MR) is 126 cm³/mol. The van der Waals surface area contributed by atoms with Gasteiger partial charge in [-0.1, -0.05) is 81.6 Å². The Balaban J connectivity index is 1.52. The molecule has 0 atom stereocenters. The van der Waals surface area contributed by atoms with E-state index in [9.17, 15) is 0 Å². The third-order valence-electron chi connectivity index (χ3n) is 4.66. The van der Waals surface area contributed by atoms with Crippen molar-refractivity contribution in [2.24, 2.45) is 0 Å². The minimum atomic E-state index is 0.416. The predicted octanol–water partition coefficient (Wildman–Crippen LogP) is 8.10. The zero-order chi connectivity index (χ0) is 20.2. The van der Waals surface area contributed by atoms with Crippen LogP contribution in [0.3, 0.4) is 0 Å². The van der Waals surface area contributed by atoms with Crippen LogP contribution in [-0.2, 0) is 13.2 Å². The molecule has 0 amide bonds. The molecule has 1 N–H and O–H groups in total. The molecule has 5 heteroatoms. The average molecular weight is 487 g/mol. The third kappa shape index (κ3) is 4.87. The summed E-state index contributed by atoms with van der Waals surface area (Å²) in [4.78, 5) is 0. The quantitative estimate of drug-likeness (QED) is 0.297. The van der Waals surface area contributed by atoms with Gasteiger partial charge in [0.25, 0.3) is 0 Å². The number of rotatable bonds is 6. The molecule has 0 bridgehead atoms. The Bertz CT molecular complexity index is 1160. The highest BCUT2D eigenvalue weighted by Crippen LogP contribution is 2.28. The fourth-order valence-electron chi connectivity index (χ4n) is 3.19. The number of hydrogen-bond donors (Lipinski definition) is 1. The van der Waals surface area contributed by atoms with Gasteiger partial charge in [-0.3, -0.25) is 0 Å². The van der Waals surface area contributed by atoms with Crippen molar-refractivity contribution < 1.29 is 4.74 Å². The molecule has 0 saturated carbocycles. The molecule has 0 aliphatic heterocycles. The summed E-state index contributed by atoms with van der Waals surface area (Å²) in [7, 11) is 0. The highest BCUT2D eigenvalue weighted by Gasteiger charge is 2.08. The van der Waals surface area contributed by atoms with Gasteiger partial charge in [0.15, 0.2) is 0 Å². The molecule has 0 radical (unpaired) electrons. The minimum absolute atomic E-state index is 0.416. The molecule has 0 fully saturated rings. The van der Waals surface area contributed by atoms with E-state index >= 15 is 0 Å². The van der Waals surface area contributed by atoms with Gasteiger partial charge in [0.2, 0.25) is 0 Å². The van der Waals surface area contributed by atoms with Gasteiger partial charge >= 0.3 is 0 Å². The Kier molecular flexibility index (Phi) is 6.29. The maximum atomic E-state index is 6.11. The monoisotopic (exact) mass is 485 g/mol. The second-order valence-corrected chi connectivity index (χ2v) is 8.40. The first-order valence-corrected chi connectivity index (χ1v) is 10.7. The molecule has 0 aromatic heterocycles. The summed E-state index contributed by atoms with van der Waals surface area (Å²) in [6.07, 6.45) is 0. The van der Waals surface area contributed by atoms with E-state index in [1.54, 1.807) is 6.07 Å². The zero-order valence-electron chi connectivity index (χ0n) is 15.5. The van der Waals surface area contributed by atoms with Crippen molar-refractivity contribution in [1.29, 1.82) is 0 Å². The summed E-state index contributed by atoms with van der Waals surface area (Å²) in [5, 5.41) is 7.03. The van der Waals surface area contributed by atoms with Gasteiger partial charge in [0.05, 0.1) is 10.0 Å². The molecular weight excluding hydrogens is 469 g/mol. The maximum Gasteiger partial charge on any atom is 0.124 e. The van der Waals surface area contributed by atoms with E-state index in [0.29, 0.717) is 23.2 Å². The Morgan fingerprint density at radius 3 is 2.52 bits per heavy atom. The summed E-state index contributed by atoms with van der Waals surface area (Å²) < 4.78 is 7.09. The zero-order valence-corrected chi connectivity index (χ0v) is 18.6. The van der Waals surface area contributed by atoms with Gasteiger partial charge in [-0.25, -0.2) is 0 Å². The molecule has 2 nitrogen and oxygen atoms in total. The van der Waals surface area contributed by atoms with Crippen LogP contribution in [0, 0.1) is 0 Å². The van der Waals surface area contributed by atoms with Gasteiger partial charge in [-0.15, -0.1) is 0 Å². The van der Waals surface area contributed by atoms with Crippen LogP contribution in [0.4, 0.5) is 5.69 Å². The van der Waals surface area contributed by atoms with Crippen molar-refractivity contribution >= 4 is 55.6 Å². The number of anilines is 1. The molecular formula is C24H18BrCl2NO. The molecule has 4 rings (SSSR count). The van der Waals surface area contributed by atoms with Crippen molar-refractivity contribution in [2.45, 2.75) is 13.2 Å². The highest BCUT2D eigenvalue weighted by atomic mass is 79.9. The molecule has 0 saturated heterocycles. The van der Waals surface area contributed by atoms with Gasteiger partial charge in [-0.05, 0) is 47.3 Å². The maximum absolute atomic E-state index is 6.11. The number of halogens is 3. The van der Waals surface area contributed by atoms with Crippen molar-refractivity contribution in [3.63, 3.8) is 0 Å². The summed E-state index contributed by atoms with van der Waals surface area (Å²) in [5.41, 5.74) is 3.13. The fourth-order valence-corrected chi connectivity index (χ4v) is 3.92. The van der Waals surface area contributed by atoms with E-state index in [2.05, 4.69) is 69.8 Å². The van der Waals surface area contributed by atoms with Crippen LogP contribution in [0.5, 0.6) is 5.75 Å². The van der Waals surface area contributed by atoms with Crippen LogP contribution in [0.25, 0.3) is 10.8 Å². The second kappa shape index (κ2) is 9.08. The molecule has 29 heavy (non-hydrogen) atoms. The van der Waals surface area contributed by atoms with Crippen LogP contribution in [0.15, 0.2) is 83.3 Å². The van der Waals surface area contributed by atoms with Crippen LogP contribution < -0.4 is 10.1 Å². The Morgan fingerprint density at radius 1 is 0.828 bits per heavy atom. The smallest absolute Gasteiger partial charge is 0.124 e. The summed E-state index contributed by atoms with van der Waals surface area (Å²) in [6.45, 7) is 1.06. The van der Waals surface area contributed by atoms with Gasteiger partial charge in [-0.2, -0.15) is 0 Å². The van der Waals surface area contributed by atoms with Gasteiger partial charge in [0, 0.05) is 27.7 Å². The lowest BCUT2D eigenvalue weighted by Crippen LogP contribution is -2.04. The van der Waals surface area contributed by atoms with Crippen molar-refractivity contribution in [1.82, 2.24) is 0 Å². The summed E-state index contributed by atoms with van der Waals surface area (Å²) in [5.74, 6) is 0.826. The normalized spacial score (nSPS) is 10.9. The molecule has 0 unspecified atom stereocenters. The standard InChI is InChI=1S/C24H18BrCl2NO/c25-19-9-11-24(29-15-16-8-10-21(26)22(27)12-16)18(13-19)14-28-23-7-3-5-17-4-1-2-6-20(17)23/h1-13,28H,14-15H2. The Labute approximate surface area is 188 Å². The first-order chi connectivity index (χ1) is 14.1. The summed E-state index contributed by atoms with van der Waals surface area (Å²) in [6, 6.07) is 26.2. The van der Waals surface area contributed by atoms with Crippen LogP contribution >= 0.6 is 39.1 Å². The van der Waals surface area contributed by atoms with Crippen LogP contribution in [-0.4, -0.2) is 0 Å². The van der Waals surface area contributed by atoms with Crippen molar-refractivity contribution in [2.75, 3.05) is 5.32 Å². The largest absolute Gasteiger partial charge is 0.489 e. The molecule has 4 aromatic carbocycles.